The second-order valence-electron chi connectivity index (χ2n) is 5.77. The summed E-state index contributed by atoms with van der Waals surface area (Å²) in [6.07, 6.45) is -1.33. The molecule has 0 saturated carbocycles. The van der Waals surface area contributed by atoms with Crippen LogP contribution in [0.15, 0.2) is 29.7 Å². The monoisotopic (exact) mass is 427 g/mol. The fourth-order valence-corrected chi connectivity index (χ4v) is 3.32. The number of anilines is 2. The summed E-state index contributed by atoms with van der Waals surface area (Å²) < 4.78 is 41.5. The van der Waals surface area contributed by atoms with E-state index >= 15 is 0 Å². The van der Waals surface area contributed by atoms with Gasteiger partial charge in [-0.05, 0) is 12.5 Å². The van der Waals surface area contributed by atoms with Crippen LogP contribution in [0.25, 0.3) is 11.2 Å². The van der Waals surface area contributed by atoms with E-state index in [1.165, 1.54) is 24.7 Å². The first-order chi connectivity index (χ1) is 13.7. The van der Waals surface area contributed by atoms with Gasteiger partial charge in [-0.15, -0.1) is 0 Å². The third kappa shape index (κ3) is 5.47. The third-order valence-corrected chi connectivity index (χ3v) is 4.92. The van der Waals surface area contributed by atoms with E-state index in [-0.39, 0.29) is 17.5 Å². The second-order valence-corrected chi connectivity index (χ2v) is 6.96. The Morgan fingerprint density at radius 1 is 1.38 bits per heavy atom. The molecule has 0 aromatic carbocycles. The van der Waals surface area contributed by atoms with Crippen LogP contribution >= 0.6 is 11.8 Å². The van der Waals surface area contributed by atoms with Crippen LogP contribution in [0.5, 0.6) is 5.75 Å². The molecule has 1 atom stereocenters. The van der Waals surface area contributed by atoms with Crippen LogP contribution in [0.4, 0.5) is 24.9 Å². The van der Waals surface area contributed by atoms with Gasteiger partial charge in [0.15, 0.2) is 12.3 Å². The molecule has 3 heterocycles. The minimum Gasteiger partial charge on any atom is -0.484 e. The van der Waals surface area contributed by atoms with Gasteiger partial charge in [0.25, 0.3) is 0 Å². The number of nitrogens with one attached hydrogen (secondary N) is 2. The van der Waals surface area contributed by atoms with Gasteiger partial charge in [0.05, 0.1) is 11.6 Å². The quantitative estimate of drug-likeness (QED) is 0.387. The topological polar surface area (TPSA) is 132 Å². The van der Waals surface area contributed by atoms with Crippen molar-refractivity contribution in [3.63, 3.8) is 0 Å². The number of hydrogen-bond acceptors (Lipinski definition) is 8. The molecule has 4 N–H and O–H groups in total. The van der Waals surface area contributed by atoms with E-state index in [1.54, 1.807) is 0 Å². The Bertz CT molecular complexity index is 1010. The molecule has 0 bridgehead atoms. The molecule has 0 spiro atoms. The number of ether oxygens (including phenoxy) is 1. The number of nitrogens with two attached hydrogens (primary N) is 1. The summed E-state index contributed by atoms with van der Waals surface area (Å²) in [6.45, 7) is 0.370. The van der Waals surface area contributed by atoms with E-state index in [4.69, 9.17) is 5.73 Å². The van der Waals surface area contributed by atoms with Crippen LogP contribution in [0.2, 0.25) is 0 Å². The van der Waals surface area contributed by atoms with E-state index in [1.807, 2.05) is 6.92 Å². The van der Waals surface area contributed by atoms with Crippen molar-refractivity contribution in [2.75, 3.05) is 17.7 Å². The predicted octanol–water partition coefficient (Wildman–Crippen LogP) is 2.78. The number of nitrogen functional groups attached to an aromatic ring is 1. The Balaban J connectivity index is 1.71. The lowest BCUT2D eigenvalue weighted by atomic mass is 10.3. The molecule has 1 amide bonds. The number of fused-ring (bicyclic) bond motifs is 1. The molecule has 154 valence electrons. The Morgan fingerprint density at radius 3 is 2.90 bits per heavy atom. The lowest BCUT2D eigenvalue weighted by Gasteiger charge is -2.15. The molecule has 0 fully saturated rings. The first kappa shape index (κ1) is 20.6. The fourth-order valence-electron chi connectivity index (χ4n) is 2.31. The zero-order valence-electron chi connectivity index (χ0n) is 15.0. The number of hydrogen-bond donors (Lipinski definition) is 3. The van der Waals surface area contributed by atoms with E-state index in [0.717, 1.165) is 11.8 Å². The number of aromatic nitrogens is 5. The molecule has 13 heteroatoms. The molecular weight excluding hydrogens is 411 g/mol. The molecule has 3 rings (SSSR count). The summed E-state index contributed by atoms with van der Waals surface area (Å²) in [5.41, 5.74) is 6.62. The third-order valence-electron chi connectivity index (χ3n) is 3.57. The largest absolute Gasteiger partial charge is 0.484 e. The van der Waals surface area contributed by atoms with Crippen molar-refractivity contribution in [2.24, 2.45) is 0 Å². The molecule has 0 unspecified atom stereocenters. The summed E-state index contributed by atoms with van der Waals surface area (Å²) in [7, 11) is 0. The van der Waals surface area contributed by atoms with Crippen molar-refractivity contribution in [2.45, 2.75) is 29.8 Å². The van der Waals surface area contributed by atoms with Gasteiger partial charge in [0, 0.05) is 12.3 Å². The standard InChI is InChI=1S/C16H16F3N7O2S/c1-2-9(29-14-11-12(23-7-22-11)25-15(20)26-14)13(27)24-10-5-8(3-4-21-10)28-6-16(17,18)19/h3-5,7,9H,2,6H2,1H3,(H,21,24,27)(H3,20,22,23,25,26)/t9-/m1/s1. The minimum atomic E-state index is -4.46. The van der Waals surface area contributed by atoms with Crippen molar-refractivity contribution in [3.05, 3.63) is 24.7 Å². The van der Waals surface area contributed by atoms with Crippen LogP contribution in [-0.4, -0.2) is 48.9 Å². The molecule has 0 aliphatic rings. The number of alkyl halides is 3. The summed E-state index contributed by atoms with van der Waals surface area (Å²) in [5.74, 6) is -0.361. The number of nitrogens with zero attached hydrogens (tertiary/aromatic N) is 4. The maximum absolute atomic E-state index is 12.6. The highest BCUT2D eigenvalue weighted by atomic mass is 32.2. The summed E-state index contributed by atoms with van der Waals surface area (Å²) in [4.78, 5) is 31.7. The predicted molar refractivity (Wildman–Crippen MR) is 100 cm³/mol. The number of pyridine rings is 1. The number of amides is 1. The molecule has 0 saturated heterocycles. The van der Waals surface area contributed by atoms with Gasteiger partial charge in [0.2, 0.25) is 11.9 Å². The van der Waals surface area contributed by atoms with Gasteiger partial charge in [-0.1, -0.05) is 18.7 Å². The van der Waals surface area contributed by atoms with Gasteiger partial charge in [0.1, 0.15) is 22.1 Å². The van der Waals surface area contributed by atoms with Crippen molar-refractivity contribution >= 4 is 40.6 Å². The SMILES string of the molecule is CC[C@@H](Sc1nc(N)nc2nc[nH]c12)C(=O)Nc1cc(OCC(F)(F)F)ccn1. The molecule has 3 aromatic heterocycles. The Morgan fingerprint density at radius 2 is 2.17 bits per heavy atom. The highest BCUT2D eigenvalue weighted by Gasteiger charge is 2.28. The molecule has 29 heavy (non-hydrogen) atoms. The average Bonchev–Trinajstić information content (AvgIpc) is 3.12. The first-order valence-corrected chi connectivity index (χ1v) is 9.23. The second kappa shape index (κ2) is 8.51. The first-order valence-electron chi connectivity index (χ1n) is 8.35. The lowest BCUT2D eigenvalue weighted by molar-refractivity contribution is -0.153. The molecule has 0 aliphatic heterocycles. The van der Waals surface area contributed by atoms with E-state index < -0.39 is 23.9 Å². The molecule has 9 nitrogen and oxygen atoms in total. The van der Waals surface area contributed by atoms with Crippen molar-refractivity contribution in [1.82, 2.24) is 24.9 Å². The highest BCUT2D eigenvalue weighted by molar-refractivity contribution is 8.00. The van der Waals surface area contributed by atoms with Crippen LogP contribution in [0.3, 0.4) is 0 Å². The van der Waals surface area contributed by atoms with Gasteiger partial charge in [-0.25, -0.2) is 15.0 Å². The Kier molecular flexibility index (Phi) is 6.06. The van der Waals surface area contributed by atoms with Crippen LogP contribution in [0, 0.1) is 0 Å². The zero-order valence-corrected chi connectivity index (χ0v) is 15.8. The number of thioether (sulfide) groups is 1. The smallest absolute Gasteiger partial charge is 0.422 e. The number of carbonyl (C=O) groups excluding carboxylic acids is 1. The van der Waals surface area contributed by atoms with Gasteiger partial charge in [-0.2, -0.15) is 18.2 Å². The zero-order chi connectivity index (χ0) is 21.0. The van der Waals surface area contributed by atoms with Crippen molar-refractivity contribution in [3.8, 4) is 5.75 Å². The van der Waals surface area contributed by atoms with Crippen molar-refractivity contribution in [1.29, 1.82) is 0 Å². The number of carbonyl (C=O) groups is 1. The number of imidazole rings is 1. The van der Waals surface area contributed by atoms with Crippen LogP contribution < -0.4 is 15.8 Å². The van der Waals surface area contributed by atoms with E-state index in [2.05, 4.69) is 35.0 Å². The van der Waals surface area contributed by atoms with Crippen molar-refractivity contribution < 1.29 is 22.7 Å². The number of H-pyrrole nitrogens is 1. The summed E-state index contributed by atoms with van der Waals surface area (Å²) in [6, 6.07) is 2.49. The van der Waals surface area contributed by atoms with Gasteiger partial charge >= 0.3 is 6.18 Å². The lowest BCUT2D eigenvalue weighted by Crippen LogP contribution is -2.25. The molecule has 3 aromatic rings. The van der Waals surface area contributed by atoms with Crippen LogP contribution in [0.1, 0.15) is 13.3 Å². The Hall–Kier alpha value is -3.09. The van der Waals surface area contributed by atoms with E-state index in [0.29, 0.717) is 22.6 Å². The average molecular weight is 427 g/mol. The molecule has 0 aliphatic carbocycles. The maximum Gasteiger partial charge on any atom is 0.422 e. The van der Waals surface area contributed by atoms with Crippen LogP contribution in [-0.2, 0) is 4.79 Å². The summed E-state index contributed by atoms with van der Waals surface area (Å²) >= 11 is 1.16. The number of halogens is 3. The minimum absolute atomic E-state index is 0.0264. The maximum atomic E-state index is 12.6. The normalized spacial score (nSPS) is 12.7. The molecule has 0 radical (unpaired) electrons. The number of rotatable bonds is 7. The number of aromatic amines is 1. The highest BCUT2D eigenvalue weighted by Crippen LogP contribution is 2.30. The van der Waals surface area contributed by atoms with Gasteiger partial charge in [-0.3, -0.25) is 4.79 Å². The molecular formula is C16H16F3N7O2S. The Labute approximate surface area is 166 Å². The fraction of sp³-hybridized carbons (Fsp3) is 0.312. The van der Waals surface area contributed by atoms with Gasteiger partial charge < -0.3 is 20.8 Å². The van der Waals surface area contributed by atoms with E-state index in [9.17, 15) is 18.0 Å². The summed E-state index contributed by atoms with van der Waals surface area (Å²) in [5, 5.41) is 2.46.